The van der Waals surface area contributed by atoms with Crippen LogP contribution in [0.25, 0.3) is 0 Å². The lowest BCUT2D eigenvalue weighted by Crippen LogP contribution is -2.40. The van der Waals surface area contributed by atoms with E-state index in [1.165, 1.54) is 28.6 Å². The highest BCUT2D eigenvalue weighted by Gasteiger charge is 2.28. The molecule has 0 unspecified atom stereocenters. The van der Waals surface area contributed by atoms with Crippen LogP contribution in [0.1, 0.15) is 38.1 Å². The van der Waals surface area contributed by atoms with E-state index >= 15 is 0 Å². The molecule has 0 aliphatic carbocycles. The minimum Gasteiger partial charge on any atom is -0.462 e. The summed E-state index contributed by atoms with van der Waals surface area (Å²) in [6.07, 6.45) is 0. The number of benzene rings is 1. The van der Waals surface area contributed by atoms with Gasteiger partial charge in [0.25, 0.3) is 0 Å². The van der Waals surface area contributed by atoms with Gasteiger partial charge in [-0.3, -0.25) is 0 Å². The van der Waals surface area contributed by atoms with Crippen molar-refractivity contribution in [3.8, 4) is 6.07 Å². The fourth-order valence-electron chi connectivity index (χ4n) is 3.05. The number of sulfonamides is 1. The van der Waals surface area contributed by atoms with Crippen molar-refractivity contribution in [2.45, 2.75) is 18.4 Å². The fourth-order valence-corrected chi connectivity index (χ4v) is 5.42. The smallest absolute Gasteiger partial charge is 0.348 e. The molecule has 2 heterocycles. The molecule has 1 aliphatic heterocycles. The van der Waals surface area contributed by atoms with Crippen molar-refractivity contribution in [1.82, 2.24) is 4.31 Å². The second-order valence-corrected chi connectivity index (χ2v) is 9.59. The Balaban J connectivity index is 1.80. The lowest BCUT2D eigenvalue weighted by molar-refractivity contribution is 0.0452. The van der Waals surface area contributed by atoms with E-state index in [4.69, 9.17) is 19.9 Å². The number of ether oxygens (including phenoxy) is 3. The SMILES string of the molecule is CCOC(=O)c1sc(N)c(C#N)c1COC(=O)c1cccc(S(=O)(=O)N2CCOCC2)c1. The van der Waals surface area contributed by atoms with Gasteiger partial charge in [0.05, 0.1) is 35.8 Å². The number of nitriles is 1. The summed E-state index contributed by atoms with van der Waals surface area (Å²) in [7, 11) is -3.79. The summed E-state index contributed by atoms with van der Waals surface area (Å²) in [5.74, 6) is -1.48. The third kappa shape index (κ3) is 4.91. The van der Waals surface area contributed by atoms with E-state index in [0.29, 0.717) is 13.2 Å². The van der Waals surface area contributed by atoms with Crippen LogP contribution >= 0.6 is 11.3 Å². The number of hydrogen-bond donors (Lipinski definition) is 1. The highest BCUT2D eigenvalue weighted by molar-refractivity contribution is 7.89. The number of esters is 2. The van der Waals surface area contributed by atoms with Crippen LogP contribution < -0.4 is 5.73 Å². The Bertz CT molecular complexity index is 1160. The number of rotatable bonds is 7. The Morgan fingerprint density at radius 2 is 1.97 bits per heavy atom. The van der Waals surface area contributed by atoms with Crippen molar-refractivity contribution in [3.05, 3.63) is 45.8 Å². The summed E-state index contributed by atoms with van der Waals surface area (Å²) in [4.78, 5) is 24.8. The summed E-state index contributed by atoms with van der Waals surface area (Å²) >= 11 is 0.877. The van der Waals surface area contributed by atoms with Gasteiger partial charge in [-0.2, -0.15) is 9.57 Å². The molecule has 0 amide bonds. The van der Waals surface area contributed by atoms with Crippen LogP contribution in [0.5, 0.6) is 0 Å². The van der Waals surface area contributed by atoms with Crippen LogP contribution in [0.3, 0.4) is 0 Å². The maximum atomic E-state index is 12.8. The van der Waals surface area contributed by atoms with E-state index in [-0.39, 0.29) is 51.2 Å². The topological polar surface area (TPSA) is 149 Å². The second kappa shape index (κ2) is 10.1. The predicted octanol–water partition coefficient (Wildman–Crippen LogP) is 1.76. The van der Waals surface area contributed by atoms with Gasteiger partial charge in [0.2, 0.25) is 10.0 Å². The molecule has 0 spiro atoms. The molecule has 1 fully saturated rings. The molecule has 2 N–H and O–H groups in total. The maximum Gasteiger partial charge on any atom is 0.348 e. The van der Waals surface area contributed by atoms with Crippen molar-refractivity contribution < 1.29 is 32.2 Å². The molecular formula is C20H21N3O7S2. The van der Waals surface area contributed by atoms with Crippen molar-refractivity contribution in [2.75, 3.05) is 38.6 Å². The number of nitrogen functional groups attached to an aromatic ring is 1. The Morgan fingerprint density at radius 3 is 2.62 bits per heavy atom. The average Bonchev–Trinajstić information content (AvgIpc) is 3.13. The molecule has 0 saturated carbocycles. The van der Waals surface area contributed by atoms with Crippen LogP contribution in [0, 0.1) is 11.3 Å². The first-order valence-corrected chi connectivity index (χ1v) is 11.9. The van der Waals surface area contributed by atoms with Crippen molar-refractivity contribution in [1.29, 1.82) is 5.26 Å². The molecule has 0 radical (unpaired) electrons. The molecule has 0 bridgehead atoms. The number of thiophene rings is 1. The molecule has 170 valence electrons. The largest absolute Gasteiger partial charge is 0.462 e. The predicted molar refractivity (Wildman–Crippen MR) is 115 cm³/mol. The van der Waals surface area contributed by atoms with Crippen molar-refractivity contribution in [3.63, 3.8) is 0 Å². The Morgan fingerprint density at radius 1 is 1.25 bits per heavy atom. The van der Waals surface area contributed by atoms with Crippen LogP contribution in [-0.2, 0) is 30.8 Å². The van der Waals surface area contributed by atoms with Gasteiger partial charge in [-0.1, -0.05) is 6.07 Å². The molecular weight excluding hydrogens is 458 g/mol. The molecule has 32 heavy (non-hydrogen) atoms. The number of nitrogens with two attached hydrogens (primary N) is 1. The van der Waals surface area contributed by atoms with Gasteiger partial charge in [-0.15, -0.1) is 11.3 Å². The first-order chi connectivity index (χ1) is 15.3. The maximum absolute atomic E-state index is 12.8. The molecule has 1 saturated heterocycles. The summed E-state index contributed by atoms with van der Waals surface area (Å²) < 4.78 is 42.4. The standard InChI is InChI=1S/C20H21N3O7S2/c1-2-29-20(25)17-16(15(11-21)18(22)31-17)12-30-19(24)13-4-3-5-14(10-13)32(26,27)23-6-8-28-9-7-23/h3-5,10H,2,6-9,12,22H2,1H3. The third-order valence-corrected chi connectivity index (χ3v) is 7.57. The van der Waals surface area contributed by atoms with E-state index in [9.17, 15) is 23.3 Å². The molecule has 12 heteroatoms. The van der Waals surface area contributed by atoms with Crippen LogP contribution in [-0.4, -0.2) is 57.6 Å². The molecule has 0 atom stereocenters. The van der Waals surface area contributed by atoms with Gasteiger partial charge in [-0.05, 0) is 25.1 Å². The molecule has 1 aromatic heterocycles. The van der Waals surface area contributed by atoms with E-state index in [1.54, 1.807) is 6.92 Å². The number of morpholine rings is 1. The number of anilines is 1. The Kier molecular flexibility index (Phi) is 7.47. The minimum atomic E-state index is -3.79. The Labute approximate surface area is 189 Å². The monoisotopic (exact) mass is 479 g/mol. The van der Waals surface area contributed by atoms with Gasteiger partial charge in [0.1, 0.15) is 22.6 Å². The van der Waals surface area contributed by atoms with Gasteiger partial charge >= 0.3 is 11.9 Å². The van der Waals surface area contributed by atoms with E-state index < -0.39 is 28.6 Å². The summed E-state index contributed by atoms with van der Waals surface area (Å²) in [5.41, 5.74) is 6.01. The number of carbonyl (C=O) groups excluding carboxylic acids is 2. The fraction of sp³-hybridized carbons (Fsp3) is 0.350. The first kappa shape index (κ1) is 23.7. The normalized spacial score (nSPS) is 14.5. The van der Waals surface area contributed by atoms with Gasteiger partial charge in [-0.25, -0.2) is 18.0 Å². The molecule has 10 nitrogen and oxygen atoms in total. The van der Waals surface area contributed by atoms with Crippen molar-refractivity contribution in [2.24, 2.45) is 0 Å². The van der Waals surface area contributed by atoms with E-state index in [1.807, 2.05) is 6.07 Å². The van der Waals surface area contributed by atoms with Crippen LogP contribution in [0.2, 0.25) is 0 Å². The number of hydrogen-bond acceptors (Lipinski definition) is 10. The van der Waals surface area contributed by atoms with Crippen LogP contribution in [0.15, 0.2) is 29.2 Å². The lowest BCUT2D eigenvalue weighted by atomic mass is 10.1. The zero-order valence-corrected chi connectivity index (χ0v) is 18.8. The highest BCUT2D eigenvalue weighted by Crippen LogP contribution is 2.32. The zero-order chi connectivity index (χ0) is 23.3. The first-order valence-electron chi connectivity index (χ1n) is 9.63. The third-order valence-electron chi connectivity index (χ3n) is 4.63. The lowest BCUT2D eigenvalue weighted by Gasteiger charge is -2.26. The quantitative estimate of drug-likeness (QED) is 0.586. The number of nitrogens with zero attached hydrogens (tertiary/aromatic N) is 2. The van der Waals surface area contributed by atoms with Crippen molar-refractivity contribution >= 4 is 38.3 Å². The molecule has 3 rings (SSSR count). The minimum absolute atomic E-state index is 0.0127. The number of carbonyl (C=O) groups is 2. The van der Waals surface area contributed by atoms with Gasteiger partial charge in [0, 0.05) is 18.7 Å². The Hall–Kier alpha value is -2.98. The van der Waals surface area contributed by atoms with E-state index in [2.05, 4.69) is 0 Å². The molecule has 1 aromatic carbocycles. The highest BCUT2D eigenvalue weighted by atomic mass is 32.2. The average molecular weight is 480 g/mol. The van der Waals surface area contributed by atoms with Gasteiger partial charge < -0.3 is 19.9 Å². The van der Waals surface area contributed by atoms with E-state index in [0.717, 1.165) is 11.3 Å². The van der Waals surface area contributed by atoms with Crippen LogP contribution in [0.4, 0.5) is 5.00 Å². The summed E-state index contributed by atoms with van der Waals surface area (Å²) in [6.45, 7) is 2.42. The second-order valence-electron chi connectivity index (χ2n) is 6.60. The molecule has 2 aromatic rings. The summed E-state index contributed by atoms with van der Waals surface area (Å²) in [5, 5.41) is 9.47. The van der Waals surface area contributed by atoms with Gasteiger partial charge in [0.15, 0.2) is 0 Å². The zero-order valence-electron chi connectivity index (χ0n) is 17.2. The molecule has 1 aliphatic rings. The summed E-state index contributed by atoms with van der Waals surface area (Å²) in [6, 6.07) is 7.39.